The highest BCUT2D eigenvalue weighted by atomic mass is 19.1. The van der Waals surface area contributed by atoms with Crippen LogP contribution < -0.4 is 5.32 Å². The Balaban J connectivity index is 1.82. The molecule has 2 aromatic carbocycles. The van der Waals surface area contributed by atoms with E-state index in [1.807, 2.05) is 12.1 Å². The van der Waals surface area contributed by atoms with Crippen molar-refractivity contribution in [1.82, 2.24) is 10.2 Å². The molecule has 0 spiro atoms. The number of hydrogen-bond donors (Lipinski definition) is 2. The van der Waals surface area contributed by atoms with Crippen molar-refractivity contribution < 1.29 is 23.5 Å². The van der Waals surface area contributed by atoms with Gasteiger partial charge in [-0.05, 0) is 30.0 Å². The second-order valence-corrected chi connectivity index (χ2v) is 7.43. The summed E-state index contributed by atoms with van der Waals surface area (Å²) >= 11 is 0. The van der Waals surface area contributed by atoms with Gasteiger partial charge in [-0.1, -0.05) is 44.2 Å². The van der Waals surface area contributed by atoms with Crippen LogP contribution in [0.15, 0.2) is 42.5 Å². The van der Waals surface area contributed by atoms with Gasteiger partial charge in [-0.25, -0.2) is 13.6 Å². The summed E-state index contributed by atoms with van der Waals surface area (Å²) in [6, 6.07) is 9.44. The first-order valence-electron chi connectivity index (χ1n) is 9.01. The van der Waals surface area contributed by atoms with Crippen LogP contribution in [0.5, 0.6) is 0 Å². The molecule has 3 amide bonds. The number of aliphatic hydroxyl groups is 1. The highest BCUT2D eigenvalue weighted by Crippen LogP contribution is 2.31. The van der Waals surface area contributed by atoms with Crippen LogP contribution in [0.25, 0.3) is 0 Å². The van der Waals surface area contributed by atoms with Gasteiger partial charge >= 0.3 is 6.03 Å². The highest BCUT2D eigenvalue weighted by molar-refractivity contribution is 6.07. The van der Waals surface area contributed by atoms with Gasteiger partial charge in [-0.3, -0.25) is 9.69 Å². The molecule has 0 aromatic heterocycles. The number of hydrogen-bond acceptors (Lipinski definition) is 3. The van der Waals surface area contributed by atoms with E-state index in [2.05, 4.69) is 19.2 Å². The van der Waals surface area contributed by atoms with Crippen LogP contribution in [0.2, 0.25) is 0 Å². The van der Waals surface area contributed by atoms with Crippen LogP contribution >= 0.6 is 0 Å². The number of aliphatic hydroxyl groups excluding tert-OH is 1. The van der Waals surface area contributed by atoms with Crippen LogP contribution in [-0.2, 0) is 10.3 Å². The van der Waals surface area contributed by atoms with E-state index in [0.717, 1.165) is 22.6 Å². The molecule has 7 heteroatoms. The molecule has 148 valence electrons. The first kappa shape index (κ1) is 19.9. The predicted octanol–water partition coefficient (Wildman–Crippen LogP) is 3.59. The maximum Gasteiger partial charge on any atom is 0.325 e. The Bertz CT molecular complexity index is 914. The van der Waals surface area contributed by atoms with Crippen molar-refractivity contribution in [2.45, 2.75) is 38.3 Å². The molecule has 1 fully saturated rings. The lowest BCUT2D eigenvalue weighted by Crippen LogP contribution is -2.41. The molecule has 1 saturated heterocycles. The number of imide groups is 1. The molecule has 1 heterocycles. The average molecular weight is 388 g/mol. The number of rotatable bonds is 5. The zero-order chi connectivity index (χ0) is 20.6. The van der Waals surface area contributed by atoms with E-state index in [4.69, 9.17) is 0 Å². The first-order chi connectivity index (χ1) is 13.1. The summed E-state index contributed by atoms with van der Waals surface area (Å²) < 4.78 is 26.9. The molecule has 2 atom stereocenters. The quantitative estimate of drug-likeness (QED) is 0.769. The Kier molecular flexibility index (Phi) is 5.21. The van der Waals surface area contributed by atoms with Crippen LogP contribution in [0, 0.1) is 11.6 Å². The Morgan fingerprint density at radius 2 is 1.75 bits per heavy atom. The van der Waals surface area contributed by atoms with Gasteiger partial charge in [0, 0.05) is 11.6 Å². The zero-order valence-electron chi connectivity index (χ0n) is 15.9. The van der Waals surface area contributed by atoms with Crippen molar-refractivity contribution in [2.75, 3.05) is 6.54 Å². The number of halogens is 2. The number of nitrogens with zero attached hydrogens (tertiary/aromatic N) is 1. The highest BCUT2D eigenvalue weighted by Gasteiger charge is 2.49. The molecule has 2 N–H and O–H groups in total. The number of benzene rings is 2. The first-order valence-corrected chi connectivity index (χ1v) is 9.01. The van der Waals surface area contributed by atoms with Gasteiger partial charge in [0.2, 0.25) is 0 Å². The van der Waals surface area contributed by atoms with Crippen molar-refractivity contribution >= 4 is 11.9 Å². The summed E-state index contributed by atoms with van der Waals surface area (Å²) in [5.41, 5.74) is 0.244. The van der Waals surface area contributed by atoms with Gasteiger partial charge in [0.25, 0.3) is 5.91 Å². The number of urea groups is 1. The van der Waals surface area contributed by atoms with E-state index >= 15 is 0 Å². The molecule has 1 aliphatic heterocycles. The van der Waals surface area contributed by atoms with Crippen molar-refractivity contribution in [2.24, 2.45) is 0 Å². The third-order valence-electron chi connectivity index (χ3n) is 5.11. The maximum atomic E-state index is 13.9. The standard InChI is InChI=1S/C21H22F2N2O3/c1-12(2)13-4-6-14(7-5-13)21(3)19(27)25(20(28)24-21)11-18(26)16-9-8-15(22)10-17(16)23/h4-10,12,18,26H,11H2,1-3H3,(H,24,28). The zero-order valence-corrected chi connectivity index (χ0v) is 15.9. The van der Waals surface area contributed by atoms with Crippen molar-refractivity contribution in [3.63, 3.8) is 0 Å². The molecule has 0 radical (unpaired) electrons. The number of nitrogens with one attached hydrogen (secondary N) is 1. The van der Waals surface area contributed by atoms with Crippen LogP contribution in [-0.4, -0.2) is 28.5 Å². The number of amides is 3. The van der Waals surface area contributed by atoms with Gasteiger partial charge in [0.05, 0.1) is 12.6 Å². The minimum absolute atomic E-state index is 0.183. The molecule has 2 aromatic rings. The summed E-state index contributed by atoms with van der Waals surface area (Å²) in [6.07, 6.45) is -1.47. The Morgan fingerprint density at radius 3 is 2.32 bits per heavy atom. The summed E-state index contributed by atoms with van der Waals surface area (Å²) in [6.45, 7) is 5.25. The molecule has 28 heavy (non-hydrogen) atoms. The Morgan fingerprint density at radius 1 is 1.11 bits per heavy atom. The van der Waals surface area contributed by atoms with E-state index in [0.29, 0.717) is 17.5 Å². The molecular weight excluding hydrogens is 366 g/mol. The second-order valence-electron chi connectivity index (χ2n) is 7.43. The normalized spacial score (nSPS) is 20.6. The van der Waals surface area contributed by atoms with Crippen molar-refractivity contribution in [1.29, 1.82) is 0 Å². The number of β-amino-alcohol motifs (C(OH)–C–C–N with tert-alkyl or cyclic N) is 1. The maximum absolute atomic E-state index is 13.9. The van der Waals surface area contributed by atoms with Gasteiger partial charge < -0.3 is 10.4 Å². The van der Waals surface area contributed by atoms with Gasteiger partial charge in [0.1, 0.15) is 17.2 Å². The molecule has 1 aliphatic rings. The van der Waals surface area contributed by atoms with Gasteiger partial charge in [-0.2, -0.15) is 0 Å². The third kappa shape index (κ3) is 3.49. The van der Waals surface area contributed by atoms with Gasteiger partial charge in [0.15, 0.2) is 0 Å². The largest absolute Gasteiger partial charge is 0.386 e. The minimum atomic E-state index is -1.47. The molecule has 0 saturated carbocycles. The third-order valence-corrected chi connectivity index (χ3v) is 5.11. The molecule has 3 rings (SSSR count). The lowest BCUT2D eigenvalue weighted by molar-refractivity contribution is -0.132. The average Bonchev–Trinajstić information content (AvgIpc) is 2.85. The Hall–Kier alpha value is -2.80. The molecule has 2 unspecified atom stereocenters. The summed E-state index contributed by atoms with van der Waals surface area (Å²) in [7, 11) is 0. The fourth-order valence-corrected chi connectivity index (χ4v) is 3.30. The van der Waals surface area contributed by atoms with E-state index in [9.17, 15) is 23.5 Å². The smallest absolute Gasteiger partial charge is 0.325 e. The van der Waals surface area contributed by atoms with Gasteiger partial charge in [-0.15, -0.1) is 0 Å². The Labute approximate surface area is 162 Å². The topological polar surface area (TPSA) is 69.6 Å². The lowest BCUT2D eigenvalue weighted by atomic mass is 9.90. The predicted molar refractivity (Wildman–Crippen MR) is 99.4 cm³/mol. The number of carbonyl (C=O) groups is 2. The minimum Gasteiger partial charge on any atom is -0.386 e. The lowest BCUT2D eigenvalue weighted by Gasteiger charge is -2.23. The van der Waals surface area contributed by atoms with E-state index in [1.54, 1.807) is 19.1 Å². The van der Waals surface area contributed by atoms with Crippen molar-refractivity contribution in [3.05, 3.63) is 70.8 Å². The van der Waals surface area contributed by atoms with E-state index < -0.39 is 41.8 Å². The molecule has 0 aliphatic carbocycles. The molecule has 5 nitrogen and oxygen atoms in total. The van der Waals surface area contributed by atoms with E-state index in [-0.39, 0.29) is 5.56 Å². The second kappa shape index (κ2) is 7.31. The fourth-order valence-electron chi connectivity index (χ4n) is 3.30. The van der Waals surface area contributed by atoms with Crippen molar-refractivity contribution in [3.8, 4) is 0 Å². The van der Waals surface area contributed by atoms with E-state index in [1.165, 1.54) is 0 Å². The number of carbonyl (C=O) groups excluding carboxylic acids is 2. The fraction of sp³-hybridized carbons (Fsp3) is 0.333. The SMILES string of the molecule is CC(C)c1ccc(C2(C)NC(=O)N(CC(O)c3ccc(F)cc3F)C2=O)cc1. The monoisotopic (exact) mass is 388 g/mol. The van der Waals surface area contributed by atoms with Crippen LogP contribution in [0.3, 0.4) is 0 Å². The summed E-state index contributed by atoms with van der Waals surface area (Å²) in [5, 5.41) is 12.9. The van der Waals surface area contributed by atoms with Crippen LogP contribution in [0.1, 0.15) is 49.5 Å². The summed E-state index contributed by atoms with van der Waals surface area (Å²) in [4.78, 5) is 26.2. The van der Waals surface area contributed by atoms with Crippen LogP contribution in [0.4, 0.5) is 13.6 Å². The summed E-state index contributed by atoms with van der Waals surface area (Å²) in [5.74, 6) is -1.93. The molecule has 0 bridgehead atoms. The molecular formula is C21H22F2N2O3.